The molecule has 3 nitrogen and oxygen atoms in total. The van der Waals surface area contributed by atoms with Gasteiger partial charge >= 0.3 is 0 Å². The summed E-state index contributed by atoms with van der Waals surface area (Å²) in [6, 6.07) is 13.2. The van der Waals surface area contributed by atoms with Crippen molar-refractivity contribution in [3.8, 4) is 22.8 Å². The normalized spacial score (nSPS) is 13.3. The highest BCUT2D eigenvalue weighted by Crippen LogP contribution is 2.43. The van der Waals surface area contributed by atoms with E-state index >= 15 is 0 Å². The Kier molecular flexibility index (Phi) is 3.12. The summed E-state index contributed by atoms with van der Waals surface area (Å²) in [6.45, 7) is 0. The molecule has 0 radical (unpaired) electrons. The molecule has 0 aliphatic carbocycles. The molecule has 2 N–H and O–H groups in total. The second-order valence-electron chi connectivity index (χ2n) is 5.34. The Balaban J connectivity index is 1.77. The zero-order chi connectivity index (χ0) is 15.1. The maximum Gasteiger partial charge on any atom is 0.133 e. The zero-order valence-electron chi connectivity index (χ0n) is 11.7. The van der Waals surface area contributed by atoms with E-state index in [0.29, 0.717) is 0 Å². The van der Waals surface area contributed by atoms with Gasteiger partial charge in [-0.2, -0.15) is 0 Å². The lowest BCUT2D eigenvalue weighted by Gasteiger charge is -2.08. The first-order chi connectivity index (χ1) is 10.7. The number of hydrogen-bond donors (Lipinski definition) is 2. The van der Waals surface area contributed by atoms with Gasteiger partial charge in [-0.05, 0) is 48.7 Å². The first-order valence-electron chi connectivity index (χ1n) is 7.10. The predicted octanol–water partition coefficient (Wildman–Crippen LogP) is 4.61. The Bertz CT molecular complexity index is 838. The van der Waals surface area contributed by atoms with Crippen LogP contribution in [0, 0.1) is 0 Å². The van der Waals surface area contributed by atoms with Gasteiger partial charge in [0.25, 0.3) is 0 Å². The fourth-order valence-electron chi connectivity index (χ4n) is 2.81. The maximum atomic E-state index is 10.1. The summed E-state index contributed by atoms with van der Waals surface area (Å²) < 4.78 is 5.46. The molecule has 110 valence electrons. The molecule has 1 aliphatic rings. The molecule has 1 aliphatic heterocycles. The molecule has 2 heterocycles. The molecule has 0 amide bonds. The summed E-state index contributed by atoms with van der Waals surface area (Å²) in [5.74, 6) is 1.12. The fraction of sp³-hybridized carbons (Fsp3) is 0.111. The maximum absolute atomic E-state index is 10.1. The largest absolute Gasteiger partial charge is 0.508 e. The molecular formula is C18H14O3S. The van der Waals surface area contributed by atoms with Gasteiger partial charge in [-0.25, -0.2) is 0 Å². The first kappa shape index (κ1) is 13.3. The number of rotatable bonds is 1. The molecule has 4 heteroatoms. The van der Waals surface area contributed by atoms with Crippen molar-refractivity contribution < 1.29 is 14.6 Å². The van der Waals surface area contributed by atoms with E-state index in [4.69, 9.17) is 4.42 Å². The Morgan fingerprint density at radius 1 is 0.955 bits per heavy atom. The number of furan rings is 1. The van der Waals surface area contributed by atoms with Crippen LogP contribution < -0.4 is 0 Å². The van der Waals surface area contributed by atoms with Gasteiger partial charge in [0.05, 0.1) is 6.26 Å². The van der Waals surface area contributed by atoms with Gasteiger partial charge in [-0.3, -0.25) is 0 Å². The van der Waals surface area contributed by atoms with Crippen molar-refractivity contribution >= 4 is 11.8 Å². The second kappa shape index (κ2) is 5.14. The molecule has 0 bridgehead atoms. The van der Waals surface area contributed by atoms with E-state index in [0.717, 1.165) is 39.5 Å². The highest BCUT2D eigenvalue weighted by Gasteiger charge is 2.18. The number of aromatic hydroxyl groups is 2. The van der Waals surface area contributed by atoms with Crippen molar-refractivity contribution in [2.24, 2.45) is 0 Å². The van der Waals surface area contributed by atoms with Gasteiger partial charge in [0.2, 0.25) is 0 Å². The number of aryl methyl sites for hydroxylation is 1. The van der Waals surface area contributed by atoms with Crippen LogP contribution in [0.5, 0.6) is 11.5 Å². The molecule has 0 unspecified atom stereocenters. The lowest BCUT2D eigenvalue weighted by Crippen LogP contribution is -1.92. The Morgan fingerprint density at radius 2 is 1.86 bits per heavy atom. The van der Waals surface area contributed by atoms with Gasteiger partial charge in [0.1, 0.15) is 17.3 Å². The van der Waals surface area contributed by atoms with Crippen molar-refractivity contribution in [3.63, 3.8) is 0 Å². The van der Waals surface area contributed by atoms with Gasteiger partial charge in [-0.15, -0.1) is 0 Å². The third-order valence-electron chi connectivity index (χ3n) is 3.90. The molecule has 0 fully saturated rings. The average molecular weight is 310 g/mol. The second-order valence-corrected chi connectivity index (χ2v) is 6.43. The minimum atomic E-state index is 0.0967. The van der Waals surface area contributed by atoms with E-state index < -0.39 is 0 Å². The summed E-state index contributed by atoms with van der Waals surface area (Å²) in [5, 5.41) is 19.7. The SMILES string of the molecule is Oc1cc(O)c2c(c1)Sc1ccc(-c3ccco3)cc1CC2. The van der Waals surface area contributed by atoms with Crippen LogP contribution in [0.25, 0.3) is 11.3 Å². The molecule has 2 aromatic carbocycles. The monoisotopic (exact) mass is 310 g/mol. The van der Waals surface area contributed by atoms with E-state index in [9.17, 15) is 10.2 Å². The number of hydrogen-bond acceptors (Lipinski definition) is 4. The van der Waals surface area contributed by atoms with Crippen molar-refractivity contribution in [1.29, 1.82) is 0 Å². The van der Waals surface area contributed by atoms with Crippen LogP contribution in [0.15, 0.2) is 62.9 Å². The average Bonchev–Trinajstić information content (AvgIpc) is 2.95. The lowest BCUT2D eigenvalue weighted by atomic mass is 10.0. The van der Waals surface area contributed by atoms with Crippen molar-refractivity contribution in [1.82, 2.24) is 0 Å². The summed E-state index contributed by atoms with van der Waals surface area (Å²) in [5.41, 5.74) is 3.19. The van der Waals surface area contributed by atoms with Gasteiger partial charge in [-0.1, -0.05) is 17.8 Å². The van der Waals surface area contributed by atoms with E-state index in [1.54, 1.807) is 24.1 Å². The molecule has 1 aromatic heterocycles. The quantitative estimate of drug-likeness (QED) is 0.689. The zero-order valence-corrected chi connectivity index (χ0v) is 12.6. The summed E-state index contributed by atoms with van der Waals surface area (Å²) in [6.07, 6.45) is 3.28. The Morgan fingerprint density at radius 3 is 2.68 bits per heavy atom. The number of benzene rings is 2. The number of fused-ring (bicyclic) bond motifs is 2. The standard InChI is InChI=1S/C18H14O3S/c19-13-9-15(20)14-5-3-12-8-11(16-2-1-7-21-16)4-6-17(12)22-18(14)10-13/h1-2,4,6-10,19-20H,3,5H2. The van der Waals surface area contributed by atoms with Gasteiger partial charge < -0.3 is 14.6 Å². The Hall–Kier alpha value is -2.33. The molecule has 0 atom stereocenters. The van der Waals surface area contributed by atoms with Crippen LogP contribution in [0.3, 0.4) is 0 Å². The van der Waals surface area contributed by atoms with Crippen LogP contribution in [-0.2, 0) is 12.8 Å². The Labute approximate surface area is 132 Å². The third kappa shape index (κ3) is 2.25. The third-order valence-corrected chi connectivity index (χ3v) is 5.10. The molecule has 0 saturated carbocycles. The molecule has 3 aromatic rings. The molecule has 22 heavy (non-hydrogen) atoms. The van der Waals surface area contributed by atoms with E-state index in [1.807, 2.05) is 18.2 Å². The van der Waals surface area contributed by atoms with Crippen LogP contribution in [-0.4, -0.2) is 10.2 Å². The molecule has 0 saturated heterocycles. The summed E-state index contributed by atoms with van der Waals surface area (Å²) in [7, 11) is 0. The summed E-state index contributed by atoms with van der Waals surface area (Å²) >= 11 is 1.59. The highest BCUT2D eigenvalue weighted by molar-refractivity contribution is 7.99. The van der Waals surface area contributed by atoms with E-state index in [-0.39, 0.29) is 11.5 Å². The lowest BCUT2D eigenvalue weighted by molar-refractivity contribution is 0.442. The van der Waals surface area contributed by atoms with Crippen LogP contribution in [0.1, 0.15) is 11.1 Å². The van der Waals surface area contributed by atoms with Crippen molar-refractivity contribution in [2.45, 2.75) is 22.6 Å². The summed E-state index contributed by atoms with van der Waals surface area (Å²) in [4.78, 5) is 2.07. The number of phenols is 2. The minimum absolute atomic E-state index is 0.0967. The van der Waals surface area contributed by atoms with Crippen LogP contribution in [0.4, 0.5) is 0 Å². The highest BCUT2D eigenvalue weighted by atomic mass is 32.2. The van der Waals surface area contributed by atoms with E-state index in [2.05, 4.69) is 12.1 Å². The van der Waals surface area contributed by atoms with Crippen LogP contribution >= 0.6 is 11.8 Å². The van der Waals surface area contributed by atoms with Crippen LogP contribution in [0.2, 0.25) is 0 Å². The van der Waals surface area contributed by atoms with Crippen molar-refractivity contribution in [3.05, 3.63) is 59.9 Å². The fourth-order valence-corrected chi connectivity index (χ4v) is 3.98. The van der Waals surface area contributed by atoms with E-state index in [1.165, 1.54) is 11.6 Å². The predicted molar refractivity (Wildman–Crippen MR) is 85.4 cm³/mol. The molecule has 0 spiro atoms. The van der Waals surface area contributed by atoms with Gasteiger partial charge in [0, 0.05) is 27.0 Å². The smallest absolute Gasteiger partial charge is 0.133 e. The number of phenolic OH excluding ortho intramolecular Hbond substituents is 2. The van der Waals surface area contributed by atoms with Crippen molar-refractivity contribution in [2.75, 3.05) is 0 Å². The molecule has 4 rings (SSSR count). The van der Waals surface area contributed by atoms with Gasteiger partial charge in [0.15, 0.2) is 0 Å². The first-order valence-corrected chi connectivity index (χ1v) is 7.92. The molecular weight excluding hydrogens is 296 g/mol. The minimum Gasteiger partial charge on any atom is -0.508 e. The topological polar surface area (TPSA) is 53.6 Å².